The Balaban J connectivity index is 2.01. The molecule has 0 radical (unpaired) electrons. The average Bonchev–Trinajstić information content (AvgIpc) is 2.72. The Labute approximate surface area is 178 Å². The number of carbonyl (C=O) groups excluding carboxylic acids is 1. The van der Waals surface area contributed by atoms with Gasteiger partial charge in [0.25, 0.3) is 5.91 Å². The van der Waals surface area contributed by atoms with Gasteiger partial charge >= 0.3 is 0 Å². The van der Waals surface area contributed by atoms with Gasteiger partial charge in [-0.25, -0.2) is 8.42 Å². The Morgan fingerprint density at radius 3 is 2.13 bits per heavy atom. The molecular formula is C21H28N2O6S. The number of sulfonamides is 1. The van der Waals surface area contributed by atoms with E-state index in [9.17, 15) is 13.2 Å². The molecule has 0 aliphatic heterocycles. The van der Waals surface area contributed by atoms with Crippen molar-refractivity contribution in [2.24, 2.45) is 0 Å². The summed E-state index contributed by atoms with van der Waals surface area (Å²) < 4.78 is 40.7. The topological polar surface area (TPSA) is 85.4 Å². The molecule has 2 aromatic rings. The maximum absolute atomic E-state index is 12.7. The molecule has 1 atom stereocenters. The third kappa shape index (κ3) is 5.79. The van der Waals surface area contributed by atoms with Gasteiger partial charge in [-0.3, -0.25) is 9.10 Å². The number of hydrogen-bond acceptors (Lipinski definition) is 6. The van der Waals surface area contributed by atoms with Crippen LogP contribution in [0, 0.1) is 0 Å². The first-order valence-electron chi connectivity index (χ1n) is 9.23. The summed E-state index contributed by atoms with van der Waals surface area (Å²) in [6.45, 7) is 2.05. The van der Waals surface area contributed by atoms with Crippen LogP contribution in [0.3, 0.4) is 0 Å². The zero-order chi connectivity index (χ0) is 22.5. The van der Waals surface area contributed by atoms with Gasteiger partial charge < -0.3 is 19.1 Å². The second-order valence-electron chi connectivity index (χ2n) is 6.87. The molecule has 0 saturated heterocycles. The summed E-state index contributed by atoms with van der Waals surface area (Å²) in [5.41, 5.74) is 1.40. The minimum atomic E-state index is -3.34. The van der Waals surface area contributed by atoms with E-state index in [-0.39, 0.29) is 5.91 Å². The van der Waals surface area contributed by atoms with Gasteiger partial charge in [0.15, 0.2) is 17.6 Å². The van der Waals surface area contributed by atoms with E-state index in [1.165, 1.54) is 11.4 Å². The highest BCUT2D eigenvalue weighted by Gasteiger charge is 2.20. The first kappa shape index (κ1) is 23.3. The smallest absolute Gasteiger partial charge is 0.263 e. The van der Waals surface area contributed by atoms with Crippen molar-refractivity contribution in [3.8, 4) is 17.2 Å². The number of nitrogens with zero attached hydrogens (tertiary/aromatic N) is 2. The molecule has 0 spiro atoms. The Bertz CT molecular complexity index is 975. The van der Waals surface area contributed by atoms with Gasteiger partial charge in [0.2, 0.25) is 10.0 Å². The van der Waals surface area contributed by atoms with Crippen LogP contribution in [0.15, 0.2) is 42.5 Å². The van der Waals surface area contributed by atoms with Crippen LogP contribution in [-0.4, -0.2) is 59.9 Å². The maximum atomic E-state index is 12.7. The molecule has 8 nitrogen and oxygen atoms in total. The van der Waals surface area contributed by atoms with E-state index in [1.807, 2.05) is 12.1 Å². The van der Waals surface area contributed by atoms with Crippen molar-refractivity contribution in [3.05, 3.63) is 48.0 Å². The van der Waals surface area contributed by atoms with E-state index >= 15 is 0 Å². The summed E-state index contributed by atoms with van der Waals surface area (Å²) in [5.74, 6) is 1.50. The fourth-order valence-electron chi connectivity index (χ4n) is 2.82. The second-order valence-corrected chi connectivity index (χ2v) is 8.88. The van der Waals surface area contributed by atoms with E-state index in [0.29, 0.717) is 29.5 Å². The Hall–Kier alpha value is -2.94. The van der Waals surface area contributed by atoms with Crippen LogP contribution in [0.2, 0.25) is 0 Å². The zero-order valence-electron chi connectivity index (χ0n) is 18.1. The quantitative estimate of drug-likeness (QED) is 0.601. The molecule has 1 amide bonds. The van der Waals surface area contributed by atoms with Crippen LogP contribution < -0.4 is 18.5 Å². The van der Waals surface area contributed by atoms with E-state index in [4.69, 9.17) is 14.2 Å². The van der Waals surface area contributed by atoms with Gasteiger partial charge in [0.05, 0.1) is 26.2 Å². The molecule has 0 saturated carbocycles. The summed E-state index contributed by atoms with van der Waals surface area (Å²) in [7, 11) is 2.96. The normalized spacial score (nSPS) is 12.1. The van der Waals surface area contributed by atoms with E-state index in [2.05, 4.69) is 0 Å². The molecular weight excluding hydrogens is 408 g/mol. The fourth-order valence-corrected chi connectivity index (χ4v) is 3.33. The van der Waals surface area contributed by atoms with Crippen molar-refractivity contribution in [3.63, 3.8) is 0 Å². The number of ether oxygens (including phenoxy) is 3. The van der Waals surface area contributed by atoms with Crippen molar-refractivity contribution in [2.75, 3.05) is 38.9 Å². The fraction of sp³-hybridized carbons (Fsp3) is 0.381. The third-order valence-corrected chi connectivity index (χ3v) is 5.81. The van der Waals surface area contributed by atoms with Gasteiger partial charge in [-0.2, -0.15) is 0 Å². The standard InChI is InChI=1S/C21H28N2O6S/c1-15(29-18-10-8-17(9-11-18)23(3)30(6,25)26)21(24)22(2)14-16-7-12-19(27-4)20(13-16)28-5/h7-13,15H,14H2,1-6H3/t15-/m0/s1. The predicted octanol–water partition coefficient (Wildman–Crippen LogP) is 2.53. The average molecular weight is 437 g/mol. The van der Waals surface area contributed by atoms with Crippen LogP contribution >= 0.6 is 0 Å². The molecule has 0 aliphatic rings. The summed E-state index contributed by atoms with van der Waals surface area (Å²) in [6.07, 6.45) is 0.417. The van der Waals surface area contributed by atoms with Gasteiger partial charge in [0.1, 0.15) is 5.75 Å². The van der Waals surface area contributed by atoms with Gasteiger partial charge in [-0.1, -0.05) is 6.07 Å². The Morgan fingerprint density at radius 1 is 1.00 bits per heavy atom. The molecule has 0 fully saturated rings. The summed E-state index contributed by atoms with van der Waals surface area (Å²) in [5, 5.41) is 0. The van der Waals surface area contributed by atoms with Crippen molar-refractivity contribution < 1.29 is 27.4 Å². The van der Waals surface area contributed by atoms with E-state index < -0.39 is 16.1 Å². The van der Waals surface area contributed by atoms with Crippen LogP contribution in [0.1, 0.15) is 12.5 Å². The monoisotopic (exact) mass is 436 g/mol. The number of carbonyl (C=O) groups is 1. The lowest BCUT2D eigenvalue weighted by atomic mass is 10.2. The molecule has 2 rings (SSSR count). The number of methoxy groups -OCH3 is 2. The molecule has 0 aromatic heterocycles. The molecule has 9 heteroatoms. The third-order valence-electron chi connectivity index (χ3n) is 4.60. The highest BCUT2D eigenvalue weighted by atomic mass is 32.2. The number of hydrogen-bond donors (Lipinski definition) is 0. The SMILES string of the molecule is COc1ccc(CN(C)C(=O)[C@H](C)Oc2ccc(N(C)S(C)(=O)=O)cc2)cc1OC. The number of benzene rings is 2. The predicted molar refractivity (Wildman–Crippen MR) is 116 cm³/mol. The van der Waals surface area contributed by atoms with Crippen LogP contribution in [0.4, 0.5) is 5.69 Å². The van der Waals surface area contributed by atoms with Crippen LogP contribution in [-0.2, 0) is 21.4 Å². The summed E-state index contributed by atoms with van der Waals surface area (Å²) >= 11 is 0. The molecule has 0 unspecified atom stereocenters. The van der Waals surface area contributed by atoms with Crippen molar-refractivity contribution in [2.45, 2.75) is 19.6 Å². The number of amides is 1. The molecule has 0 bridgehead atoms. The summed E-state index contributed by atoms with van der Waals surface area (Å²) in [6, 6.07) is 12.0. The lowest BCUT2D eigenvalue weighted by molar-refractivity contribution is -0.137. The molecule has 164 valence electrons. The van der Waals surface area contributed by atoms with Crippen molar-refractivity contribution >= 4 is 21.6 Å². The largest absolute Gasteiger partial charge is 0.493 e. The highest BCUT2D eigenvalue weighted by molar-refractivity contribution is 7.92. The Kier molecular flexibility index (Phi) is 7.55. The lowest BCUT2D eigenvalue weighted by Crippen LogP contribution is -2.37. The lowest BCUT2D eigenvalue weighted by Gasteiger charge is -2.23. The van der Waals surface area contributed by atoms with Crippen molar-refractivity contribution in [1.29, 1.82) is 0 Å². The minimum absolute atomic E-state index is 0.192. The minimum Gasteiger partial charge on any atom is -0.493 e. The van der Waals surface area contributed by atoms with Crippen molar-refractivity contribution in [1.82, 2.24) is 4.90 Å². The highest BCUT2D eigenvalue weighted by Crippen LogP contribution is 2.28. The molecule has 2 aromatic carbocycles. The van der Waals surface area contributed by atoms with Crippen LogP contribution in [0.25, 0.3) is 0 Å². The van der Waals surface area contributed by atoms with E-state index in [0.717, 1.165) is 11.8 Å². The first-order chi connectivity index (χ1) is 14.1. The summed E-state index contributed by atoms with van der Waals surface area (Å²) in [4.78, 5) is 14.3. The van der Waals surface area contributed by atoms with Gasteiger partial charge in [0, 0.05) is 20.6 Å². The second kappa shape index (κ2) is 9.71. The Morgan fingerprint density at radius 2 is 1.60 bits per heavy atom. The molecule has 0 N–H and O–H groups in total. The zero-order valence-corrected chi connectivity index (χ0v) is 18.9. The molecule has 0 heterocycles. The van der Waals surface area contributed by atoms with E-state index in [1.54, 1.807) is 63.4 Å². The van der Waals surface area contributed by atoms with Gasteiger partial charge in [-0.05, 0) is 48.9 Å². The number of rotatable bonds is 9. The van der Waals surface area contributed by atoms with Gasteiger partial charge in [-0.15, -0.1) is 0 Å². The number of anilines is 1. The number of likely N-dealkylation sites (N-methyl/N-ethyl adjacent to an activating group) is 1. The van der Waals surface area contributed by atoms with Crippen LogP contribution in [0.5, 0.6) is 17.2 Å². The maximum Gasteiger partial charge on any atom is 0.263 e. The first-order valence-corrected chi connectivity index (χ1v) is 11.1. The molecule has 0 aliphatic carbocycles. The molecule has 30 heavy (non-hydrogen) atoms.